The van der Waals surface area contributed by atoms with E-state index in [2.05, 4.69) is 33.5 Å². The number of fused-ring (bicyclic) bond motifs is 1. The lowest BCUT2D eigenvalue weighted by molar-refractivity contribution is -0.919. The minimum atomic E-state index is -0.503. The fourth-order valence-corrected chi connectivity index (χ4v) is 5.27. The Hall–Kier alpha value is -2.42. The van der Waals surface area contributed by atoms with Gasteiger partial charge in [0, 0.05) is 16.9 Å². The monoisotopic (exact) mass is 402 g/mol. The van der Waals surface area contributed by atoms with E-state index < -0.39 is 6.03 Å². The summed E-state index contributed by atoms with van der Waals surface area (Å²) in [5, 5.41) is 9.25. The van der Waals surface area contributed by atoms with Crippen LogP contribution in [-0.4, -0.2) is 25.0 Å². The lowest BCUT2D eigenvalue weighted by atomic mass is 9.98. The number of nitrogens with one attached hydrogen (secondary N) is 3. The van der Waals surface area contributed by atoms with Gasteiger partial charge in [-0.15, -0.1) is 22.7 Å². The van der Waals surface area contributed by atoms with Crippen molar-refractivity contribution >= 4 is 34.6 Å². The van der Waals surface area contributed by atoms with Crippen molar-refractivity contribution in [2.75, 3.05) is 13.1 Å². The number of quaternary nitrogens is 1. The molecule has 4 rings (SSSR count). The van der Waals surface area contributed by atoms with Crippen LogP contribution in [0.25, 0.3) is 0 Å². The highest BCUT2D eigenvalue weighted by atomic mass is 32.1. The molecule has 0 saturated heterocycles. The van der Waals surface area contributed by atoms with E-state index in [1.807, 2.05) is 6.07 Å². The van der Waals surface area contributed by atoms with Crippen LogP contribution in [-0.2, 0) is 17.8 Å². The van der Waals surface area contributed by atoms with Gasteiger partial charge in [-0.25, -0.2) is 4.79 Å². The molecule has 2 atom stereocenters. The standard InChI is InChI=1S/C19H19N3O3S2/c23-17(21-19(24)20-11-13-3-1-8-25-13)12-22-7-5-15-14(6-10-27-15)18(22)16-4-2-9-26-16/h1-4,6,8-10,18H,5,7,11-12H2,(H2,20,21,23,24)/p+1/t18-/m0/s1. The molecule has 0 fully saturated rings. The Balaban J connectivity index is 1.39. The van der Waals surface area contributed by atoms with Gasteiger partial charge in [-0.1, -0.05) is 6.07 Å². The number of carbonyl (C=O) groups is 2. The fourth-order valence-electron chi connectivity index (χ4n) is 3.45. The molecule has 0 saturated carbocycles. The third-order valence-electron chi connectivity index (χ3n) is 4.64. The third kappa shape index (κ3) is 4.13. The predicted molar refractivity (Wildman–Crippen MR) is 104 cm³/mol. The molecular formula is C19H20N3O3S2+. The molecule has 0 bridgehead atoms. The Morgan fingerprint density at radius 3 is 2.89 bits per heavy atom. The van der Waals surface area contributed by atoms with Gasteiger partial charge in [0.2, 0.25) is 0 Å². The summed E-state index contributed by atoms with van der Waals surface area (Å²) in [6.45, 7) is 1.38. The number of rotatable bonds is 5. The number of furan rings is 1. The number of hydrogen-bond donors (Lipinski definition) is 3. The van der Waals surface area contributed by atoms with Crippen molar-refractivity contribution < 1.29 is 18.9 Å². The van der Waals surface area contributed by atoms with E-state index in [4.69, 9.17) is 4.42 Å². The summed E-state index contributed by atoms with van der Waals surface area (Å²) in [6.07, 6.45) is 2.51. The van der Waals surface area contributed by atoms with Crippen LogP contribution in [0.4, 0.5) is 4.79 Å². The summed E-state index contributed by atoms with van der Waals surface area (Å²) in [5.41, 5.74) is 1.30. The molecule has 8 heteroatoms. The maximum absolute atomic E-state index is 12.4. The van der Waals surface area contributed by atoms with Crippen molar-refractivity contribution in [1.82, 2.24) is 10.6 Å². The summed E-state index contributed by atoms with van der Waals surface area (Å²) in [7, 11) is 0. The molecule has 3 amide bonds. The molecule has 0 radical (unpaired) electrons. The SMILES string of the molecule is O=C(C[NH+]1CCc2sccc2[C@H]1c1cccs1)NC(=O)NCc1ccco1. The molecule has 0 aliphatic carbocycles. The molecule has 6 nitrogen and oxygen atoms in total. The van der Waals surface area contributed by atoms with Gasteiger partial charge in [0.25, 0.3) is 5.91 Å². The van der Waals surface area contributed by atoms with Crippen LogP contribution < -0.4 is 15.5 Å². The van der Waals surface area contributed by atoms with Crippen LogP contribution >= 0.6 is 22.7 Å². The van der Waals surface area contributed by atoms with Gasteiger partial charge in [-0.2, -0.15) is 0 Å². The molecule has 0 spiro atoms. The molecule has 1 aliphatic rings. The highest BCUT2D eigenvalue weighted by Gasteiger charge is 2.35. The number of amides is 3. The Labute approximate surface area is 164 Å². The minimum absolute atomic E-state index is 0.150. The number of urea groups is 1. The topological polar surface area (TPSA) is 75.8 Å². The van der Waals surface area contributed by atoms with Crippen LogP contribution in [0.3, 0.4) is 0 Å². The average molecular weight is 403 g/mol. The van der Waals surface area contributed by atoms with Gasteiger partial charge in [-0.05, 0) is 35.0 Å². The molecular weight excluding hydrogens is 382 g/mol. The number of carbonyl (C=O) groups excluding carboxylic acids is 2. The zero-order valence-corrected chi connectivity index (χ0v) is 16.2. The van der Waals surface area contributed by atoms with E-state index in [0.29, 0.717) is 5.76 Å². The van der Waals surface area contributed by atoms with Crippen LogP contribution in [0.5, 0.6) is 0 Å². The summed E-state index contributed by atoms with van der Waals surface area (Å²) < 4.78 is 5.16. The summed E-state index contributed by atoms with van der Waals surface area (Å²) in [6, 6.07) is 9.50. The molecule has 1 unspecified atom stereocenters. The second-order valence-corrected chi connectivity index (χ2v) is 8.37. The van der Waals surface area contributed by atoms with Crippen molar-refractivity contribution in [2.24, 2.45) is 0 Å². The van der Waals surface area contributed by atoms with Gasteiger partial charge < -0.3 is 14.6 Å². The van der Waals surface area contributed by atoms with Crippen molar-refractivity contribution in [1.29, 1.82) is 0 Å². The average Bonchev–Trinajstić information content (AvgIpc) is 3.40. The first-order chi connectivity index (χ1) is 13.2. The summed E-state index contributed by atoms with van der Waals surface area (Å²) in [5.74, 6) is 0.365. The van der Waals surface area contributed by atoms with Crippen LogP contribution in [0.15, 0.2) is 51.8 Å². The van der Waals surface area contributed by atoms with E-state index >= 15 is 0 Å². The molecule has 27 heavy (non-hydrogen) atoms. The zero-order valence-electron chi connectivity index (χ0n) is 14.6. The zero-order chi connectivity index (χ0) is 18.6. The van der Waals surface area contributed by atoms with E-state index in [1.165, 1.54) is 20.2 Å². The maximum atomic E-state index is 12.4. The van der Waals surface area contributed by atoms with Crippen LogP contribution in [0.2, 0.25) is 0 Å². The highest BCUT2D eigenvalue weighted by Crippen LogP contribution is 2.31. The highest BCUT2D eigenvalue weighted by molar-refractivity contribution is 7.10. The largest absolute Gasteiger partial charge is 0.467 e. The lowest BCUT2D eigenvalue weighted by Crippen LogP contribution is -3.14. The van der Waals surface area contributed by atoms with Gasteiger partial charge >= 0.3 is 6.03 Å². The Morgan fingerprint density at radius 2 is 2.11 bits per heavy atom. The summed E-state index contributed by atoms with van der Waals surface area (Å²) >= 11 is 3.49. The van der Waals surface area contributed by atoms with Gasteiger partial charge in [-0.3, -0.25) is 10.1 Å². The smallest absolute Gasteiger partial charge is 0.321 e. The maximum Gasteiger partial charge on any atom is 0.321 e. The Bertz CT molecular complexity index is 903. The molecule has 1 aliphatic heterocycles. The quantitative estimate of drug-likeness (QED) is 0.611. The minimum Gasteiger partial charge on any atom is -0.467 e. The predicted octanol–water partition coefficient (Wildman–Crippen LogP) is 1.96. The molecule has 140 valence electrons. The van der Waals surface area contributed by atoms with Gasteiger partial charge in [0.1, 0.15) is 11.8 Å². The Kier molecular flexibility index (Phi) is 5.38. The molecule has 0 aromatic carbocycles. The van der Waals surface area contributed by atoms with E-state index in [0.717, 1.165) is 13.0 Å². The van der Waals surface area contributed by atoms with Crippen molar-refractivity contribution in [3.05, 3.63) is 68.4 Å². The first-order valence-corrected chi connectivity index (χ1v) is 10.5. The van der Waals surface area contributed by atoms with E-state index in [9.17, 15) is 9.59 Å². The van der Waals surface area contributed by atoms with Gasteiger partial charge in [0.05, 0.1) is 24.2 Å². The summed E-state index contributed by atoms with van der Waals surface area (Å²) in [4.78, 5) is 28.2. The van der Waals surface area contributed by atoms with Crippen LogP contribution in [0, 0.1) is 0 Å². The number of imide groups is 1. The van der Waals surface area contributed by atoms with Crippen molar-refractivity contribution in [2.45, 2.75) is 19.0 Å². The van der Waals surface area contributed by atoms with Crippen LogP contribution in [0.1, 0.15) is 27.1 Å². The van der Waals surface area contributed by atoms with Crippen molar-refractivity contribution in [3.63, 3.8) is 0 Å². The normalized spacial score (nSPS) is 18.7. The van der Waals surface area contributed by atoms with Crippen molar-refractivity contribution in [3.8, 4) is 0 Å². The fraction of sp³-hybridized carbons (Fsp3) is 0.263. The Morgan fingerprint density at radius 1 is 1.19 bits per heavy atom. The lowest BCUT2D eigenvalue weighted by Gasteiger charge is -2.31. The molecule has 3 aromatic rings. The van der Waals surface area contributed by atoms with Gasteiger partial charge in [0.15, 0.2) is 6.54 Å². The first kappa shape index (κ1) is 18.0. The molecule has 3 aromatic heterocycles. The second kappa shape index (κ2) is 8.08. The first-order valence-electron chi connectivity index (χ1n) is 8.75. The number of thiophene rings is 2. The molecule has 3 N–H and O–H groups in total. The number of hydrogen-bond acceptors (Lipinski definition) is 5. The van der Waals surface area contributed by atoms with E-state index in [1.54, 1.807) is 41.1 Å². The van der Waals surface area contributed by atoms with E-state index in [-0.39, 0.29) is 25.0 Å². The molecule has 4 heterocycles. The third-order valence-corrected chi connectivity index (χ3v) is 6.58. The second-order valence-electron chi connectivity index (χ2n) is 6.39.